The van der Waals surface area contributed by atoms with Gasteiger partial charge in [-0.1, -0.05) is 55.6 Å². The van der Waals surface area contributed by atoms with Gasteiger partial charge in [0.1, 0.15) is 12.6 Å². The molecule has 1 fully saturated rings. The summed E-state index contributed by atoms with van der Waals surface area (Å²) in [6, 6.07) is 11.8. The number of benzene rings is 2. The van der Waals surface area contributed by atoms with Gasteiger partial charge in [0.05, 0.1) is 11.9 Å². The first kappa shape index (κ1) is 28.0. The van der Waals surface area contributed by atoms with Gasteiger partial charge in [-0.25, -0.2) is 8.42 Å². The van der Waals surface area contributed by atoms with Crippen molar-refractivity contribution < 1.29 is 18.0 Å². The summed E-state index contributed by atoms with van der Waals surface area (Å²) in [5.41, 5.74) is 3.05. The molecule has 196 valence electrons. The Kier molecular flexibility index (Phi) is 9.41. The van der Waals surface area contributed by atoms with Crippen molar-refractivity contribution in [1.29, 1.82) is 0 Å². The second-order valence-electron chi connectivity index (χ2n) is 9.57. The topological polar surface area (TPSA) is 86.8 Å². The number of nitrogens with one attached hydrogen (secondary N) is 1. The van der Waals surface area contributed by atoms with Gasteiger partial charge in [0, 0.05) is 17.6 Å². The lowest BCUT2D eigenvalue weighted by molar-refractivity contribution is -0.140. The lowest BCUT2D eigenvalue weighted by Crippen LogP contribution is -2.53. The lowest BCUT2D eigenvalue weighted by atomic mass is 10.1. The van der Waals surface area contributed by atoms with E-state index in [4.69, 9.17) is 11.6 Å². The summed E-state index contributed by atoms with van der Waals surface area (Å²) >= 11 is 6.40. The third-order valence-electron chi connectivity index (χ3n) is 6.84. The quantitative estimate of drug-likeness (QED) is 0.484. The molecule has 0 aliphatic heterocycles. The molecule has 0 bridgehead atoms. The zero-order valence-electron chi connectivity index (χ0n) is 21.5. The van der Waals surface area contributed by atoms with E-state index in [1.165, 1.54) is 4.90 Å². The van der Waals surface area contributed by atoms with Crippen molar-refractivity contribution in [3.8, 4) is 0 Å². The van der Waals surface area contributed by atoms with Crippen molar-refractivity contribution in [3.63, 3.8) is 0 Å². The van der Waals surface area contributed by atoms with Crippen molar-refractivity contribution in [2.45, 2.75) is 71.5 Å². The Labute approximate surface area is 219 Å². The van der Waals surface area contributed by atoms with Gasteiger partial charge in [-0.05, 0) is 68.0 Å². The molecule has 1 aliphatic rings. The number of sulfonamides is 1. The number of nitrogens with zero attached hydrogens (tertiary/aromatic N) is 2. The Balaban J connectivity index is 1.94. The average molecular weight is 534 g/mol. The van der Waals surface area contributed by atoms with Gasteiger partial charge in [-0.3, -0.25) is 13.9 Å². The Morgan fingerprint density at radius 2 is 1.75 bits per heavy atom. The van der Waals surface area contributed by atoms with Crippen molar-refractivity contribution in [3.05, 3.63) is 64.2 Å². The van der Waals surface area contributed by atoms with E-state index in [-0.39, 0.29) is 18.5 Å². The highest BCUT2D eigenvalue weighted by atomic mass is 35.5. The molecule has 0 spiro atoms. The molecule has 1 atom stereocenters. The first-order chi connectivity index (χ1) is 17.0. The van der Waals surface area contributed by atoms with Crippen LogP contribution in [0.4, 0.5) is 5.69 Å². The number of halogens is 1. The Morgan fingerprint density at radius 1 is 1.08 bits per heavy atom. The second kappa shape index (κ2) is 12.1. The SMILES string of the molecule is CC[C@@H](C(=O)NC1CCCC1)N(Cc1ccccc1Cl)C(=O)CN(c1ccc(C)c(C)c1)S(C)(=O)=O. The summed E-state index contributed by atoms with van der Waals surface area (Å²) in [6.45, 7) is 5.36. The molecule has 2 aromatic carbocycles. The van der Waals surface area contributed by atoms with Crippen molar-refractivity contribution >= 4 is 39.1 Å². The van der Waals surface area contributed by atoms with Crippen molar-refractivity contribution in [1.82, 2.24) is 10.2 Å². The molecule has 2 amide bonds. The minimum atomic E-state index is -3.77. The Hall–Kier alpha value is -2.58. The zero-order valence-corrected chi connectivity index (χ0v) is 23.0. The normalized spacial score (nSPS) is 14.9. The van der Waals surface area contributed by atoms with Crippen LogP contribution in [-0.2, 0) is 26.2 Å². The summed E-state index contributed by atoms with van der Waals surface area (Å²) in [4.78, 5) is 28.6. The number of amides is 2. The van der Waals surface area contributed by atoms with Gasteiger partial charge in [-0.2, -0.15) is 0 Å². The smallest absolute Gasteiger partial charge is 0.244 e. The third-order valence-corrected chi connectivity index (χ3v) is 8.35. The summed E-state index contributed by atoms with van der Waals surface area (Å²) in [6.07, 6.45) is 5.46. The van der Waals surface area contributed by atoms with Crippen LogP contribution in [-0.4, -0.2) is 50.0 Å². The van der Waals surface area contributed by atoms with Crippen LogP contribution in [0.15, 0.2) is 42.5 Å². The van der Waals surface area contributed by atoms with Crippen LogP contribution < -0.4 is 9.62 Å². The highest BCUT2D eigenvalue weighted by molar-refractivity contribution is 7.92. The van der Waals surface area contributed by atoms with E-state index in [1.807, 2.05) is 39.0 Å². The maximum absolute atomic E-state index is 13.8. The zero-order chi connectivity index (χ0) is 26.5. The molecular weight excluding hydrogens is 498 g/mol. The molecule has 2 aromatic rings. The molecule has 0 heterocycles. The van der Waals surface area contributed by atoms with Crippen LogP contribution in [0, 0.1) is 13.8 Å². The summed E-state index contributed by atoms with van der Waals surface area (Å²) in [5.74, 6) is -0.686. The fourth-order valence-electron chi connectivity index (χ4n) is 4.59. The fraction of sp³-hybridized carbons (Fsp3) is 0.481. The van der Waals surface area contributed by atoms with Gasteiger partial charge in [0.25, 0.3) is 0 Å². The second-order valence-corrected chi connectivity index (χ2v) is 11.9. The summed E-state index contributed by atoms with van der Waals surface area (Å²) < 4.78 is 26.6. The van der Waals surface area contributed by atoms with E-state index >= 15 is 0 Å². The van der Waals surface area contributed by atoms with Crippen LogP contribution in [0.25, 0.3) is 0 Å². The molecule has 1 aliphatic carbocycles. The lowest BCUT2D eigenvalue weighted by Gasteiger charge is -2.33. The first-order valence-corrected chi connectivity index (χ1v) is 14.6. The van der Waals surface area contributed by atoms with E-state index < -0.39 is 28.5 Å². The largest absolute Gasteiger partial charge is 0.352 e. The Bertz CT molecular complexity index is 1200. The predicted molar refractivity (Wildman–Crippen MR) is 145 cm³/mol. The van der Waals surface area contributed by atoms with Crippen LogP contribution in [0.1, 0.15) is 55.7 Å². The van der Waals surface area contributed by atoms with Crippen LogP contribution in [0.5, 0.6) is 0 Å². The maximum atomic E-state index is 13.8. The minimum Gasteiger partial charge on any atom is -0.352 e. The molecule has 7 nitrogen and oxygen atoms in total. The van der Waals surface area contributed by atoms with Gasteiger partial charge < -0.3 is 10.2 Å². The average Bonchev–Trinajstić information content (AvgIpc) is 3.32. The number of carbonyl (C=O) groups is 2. The third kappa shape index (κ3) is 7.01. The molecule has 3 rings (SSSR count). The number of carbonyl (C=O) groups excluding carboxylic acids is 2. The van der Waals surface area contributed by atoms with E-state index in [0.29, 0.717) is 22.7 Å². The molecule has 36 heavy (non-hydrogen) atoms. The number of hydrogen-bond donors (Lipinski definition) is 1. The summed E-state index contributed by atoms with van der Waals surface area (Å²) in [7, 11) is -3.77. The van der Waals surface area contributed by atoms with Gasteiger partial charge in [0.15, 0.2) is 0 Å². The fourth-order valence-corrected chi connectivity index (χ4v) is 5.63. The molecule has 9 heteroatoms. The number of aryl methyl sites for hydroxylation is 2. The van der Waals surface area contributed by atoms with Crippen LogP contribution >= 0.6 is 11.6 Å². The monoisotopic (exact) mass is 533 g/mol. The van der Waals surface area contributed by atoms with Crippen molar-refractivity contribution in [2.75, 3.05) is 17.1 Å². The molecule has 1 saturated carbocycles. The van der Waals surface area contributed by atoms with Gasteiger partial charge >= 0.3 is 0 Å². The predicted octanol–water partition coefficient (Wildman–Crippen LogP) is 4.59. The van der Waals surface area contributed by atoms with Crippen LogP contribution in [0.3, 0.4) is 0 Å². The van der Waals surface area contributed by atoms with Crippen LogP contribution in [0.2, 0.25) is 5.02 Å². The standard InChI is InChI=1S/C27H36ClN3O4S/c1-5-25(27(33)29-22-11-7-8-12-22)30(17-21-10-6-9-13-24(21)28)26(32)18-31(36(4,34)35)23-15-14-19(2)20(3)16-23/h6,9-10,13-16,22,25H,5,7-8,11-12,17-18H2,1-4H3,(H,29,33)/t25-/m0/s1. The molecular formula is C27H36ClN3O4S. The Morgan fingerprint density at radius 3 is 2.33 bits per heavy atom. The first-order valence-electron chi connectivity index (χ1n) is 12.4. The van der Waals surface area contributed by atoms with E-state index in [1.54, 1.807) is 24.3 Å². The van der Waals surface area contributed by atoms with Gasteiger partial charge in [-0.15, -0.1) is 0 Å². The minimum absolute atomic E-state index is 0.0969. The summed E-state index contributed by atoms with van der Waals surface area (Å²) in [5, 5.41) is 3.58. The van der Waals surface area contributed by atoms with E-state index in [2.05, 4.69) is 5.32 Å². The van der Waals surface area contributed by atoms with E-state index in [9.17, 15) is 18.0 Å². The molecule has 0 saturated heterocycles. The van der Waals surface area contributed by atoms with Gasteiger partial charge in [0.2, 0.25) is 21.8 Å². The highest BCUT2D eigenvalue weighted by Gasteiger charge is 2.33. The molecule has 0 aromatic heterocycles. The van der Waals surface area contributed by atoms with E-state index in [0.717, 1.165) is 47.4 Å². The highest BCUT2D eigenvalue weighted by Crippen LogP contribution is 2.24. The number of hydrogen-bond acceptors (Lipinski definition) is 4. The molecule has 0 radical (unpaired) electrons. The maximum Gasteiger partial charge on any atom is 0.244 e. The van der Waals surface area contributed by atoms with Crippen molar-refractivity contribution in [2.24, 2.45) is 0 Å². The molecule has 0 unspecified atom stereocenters. The number of rotatable bonds is 10. The number of anilines is 1. The molecule has 1 N–H and O–H groups in total.